The molecular formula is C14H13N5O6. The zero-order valence-corrected chi connectivity index (χ0v) is 13.3. The van der Waals surface area contributed by atoms with Gasteiger partial charge in [-0.25, -0.2) is 9.59 Å². The molecule has 1 aromatic heterocycles. The second-order valence-corrected chi connectivity index (χ2v) is 4.67. The number of hydrogen-bond donors (Lipinski definition) is 1. The Morgan fingerprint density at radius 1 is 1.24 bits per heavy atom. The number of methoxy groups -OCH3 is 2. The van der Waals surface area contributed by atoms with Crippen molar-refractivity contribution in [3.8, 4) is 17.2 Å². The highest BCUT2D eigenvalue weighted by Crippen LogP contribution is 2.38. The van der Waals surface area contributed by atoms with Gasteiger partial charge in [-0.3, -0.25) is 0 Å². The fourth-order valence-corrected chi connectivity index (χ4v) is 2.07. The average Bonchev–Trinajstić information content (AvgIpc) is 3.30. The number of ether oxygens (including phenoxy) is 4. The van der Waals surface area contributed by atoms with Crippen molar-refractivity contribution in [2.24, 2.45) is 0 Å². The molecule has 0 spiro atoms. The predicted molar refractivity (Wildman–Crippen MR) is 81.0 cm³/mol. The van der Waals surface area contributed by atoms with Gasteiger partial charge in [0.05, 0.1) is 31.7 Å². The summed E-state index contributed by atoms with van der Waals surface area (Å²) in [5.74, 6) is -0.530. The number of nitrogens with one attached hydrogen (secondary N) is 1. The molecule has 1 N–H and O–H groups in total. The number of carbonyl (C=O) groups excluding carboxylic acids is 2. The van der Waals surface area contributed by atoms with Crippen LogP contribution < -0.4 is 14.8 Å². The summed E-state index contributed by atoms with van der Waals surface area (Å²) in [7, 11) is 2.39. The number of hydrogen-bond acceptors (Lipinski definition) is 10. The first-order valence-corrected chi connectivity index (χ1v) is 6.94. The van der Waals surface area contributed by atoms with Crippen LogP contribution in [-0.4, -0.2) is 53.2 Å². The highest BCUT2D eigenvalue weighted by Gasteiger charge is 2.21. The van der Waals surface area contributed by atoms with Crippen molar-refractivity contribution >= 4 is 17.6 Å². The standard InChI is InChI=1S/C14H13N5O6/c1-22-13(20)4-9(14(21)23-2)16-8-3-11-12(25-7-24-11)5-10(8)19-6-15-17-18-19/h3-6,16H,7H2,1-2H3/b9-4+. The van der Waals surface area contributed by atoms with Crippen LogP contribution in [0.15, 0.2) is 30.2 Å². The summed E-state index contributed by atoms with van der Waals surface area (Å²) in [6.07, 6.45) is 2.34. The molecule has 130 valence electrons. The van der Waals surface area contributed by atoms with Gasteiger partial charge in [0.25, 0.3) is 0 Å². The summed E-state index contributed by atoms with van der Waals surface area (Å²) in [6, 6.07) is 3.22. The molecule has 0 aliphatic carbocycles. The fraction of sp³-hybridized carbons (Fsp3) is 0.214. The highest BCUT2D eigenvalue weighted by molar-refractivity contribution is 5.99. The number of aromatic nitrogens is 4. The average molecular weight is 347 g/mol. The van der Waals surface area contributed by atoms with E-state index in [-0.39, 0.29) is 12.5 Å². The maximum atomic E-state index is 11.9. The molecule has 0 saturated heterocycles. The molecule has 0 radical (unpaired) electrons. The molecule has 11 heteroatoms. The van der Waals surface area contributed by atoms with Crippen LogP contribution in [0, 0.1) is 0 Å². The van der Waals surface area contributed by atoms with Crippen molar-refractivity contribution in [3.05, 3.63) is 30.2 Å². The molecule has 0 fully saturated rings. The molecule has 11 nitrogen and oxygen atoms in total. The maximum Gasteiger partial charge on any atom is 0.354 e. The van der Waals surface area contributed by atoms with Crippen LogP contribution in [0.5, 0.6) is 11.5 Å². The summed E-state index contributed by atoms with van der Waals surface area (Å²) in [4.78, 5) is 23.4. The van der Waals surface area contributed by atoms with Crippen molar-refractivity contribution in [2.75, 3.05) is 26.3 Å². The molecule has 0 unspecified atom stereocenters. The van der Waals surface area contributed by atoms with Gasteiger partial charge in [0, 0.05) is 12.1 Å². The van der Waals surface area contributed by atoms with Crippen molar-refractivity contribution < 1.29 is 28.5 Å². The number of rotatable bonds is 5. The zero-order valence-electron chi connectivity index (χ0n) is 13.3. The van der Waals surface area contributed by atoms with E-state index >= 15 is 0 Å². The van der Waals surface area contributed by atoms with Crippen LogP contribution in [0.4, 0.5) is 5.69 Å². The third kappa shape index (κ3) is 3.34. The van der Waals surface area contributed by atoms with Gasteiger partial charge in [0.2, 0.25) is 6.79 Å². The topological polar surface area (TPSA) is 127 Å². The number of benzene rings is 1. The second-order valence-electron chi connectivity index (χ2n) is 4.67. The van der Waals surface area contributed by atoms with Crippen LogP contribution in [-0.2, 0) is 19.1 Å². The Bertz CT molecular complexity index is 832. The van der Waals surface area contributed by atoms with Gasteiger partial charge in [-0.05, 0) is 10.4 Å². The van der Waals surface area contributed by atoms with Crippen LogP contribution in [0.25, 0.3) is 5.69 Å². The summed E-state index contributed by atoms with van der Waals surface area (Å²) in [5, 5.41) is 13.8. The maximum absolute atomic E-state index is 11.9. The van der Waals surface area contributed by atoms with Gasteiger partial charge in [-0.2, -0.15) is 4.68 Å². The van der Waals surface area contributed by atoms with E-state index in [1.807, 2.05) is 0 Å². The largest absolute Gasteiger partial charge is 0.466 e. The predicted octanol–water partition coefficient (Wildman–Crippen LogP) is 0.0328. The first kappa shape index (κ1) is 16.2. The van der Waals surface area contributed by atoms with Crippen LogP contribution >= 0.6 is 0 Å². The number of carbonyl (C=O) groups is 2. The molecule has 3 rings (SSSR count). The molecule has 1 aliphatic heterocycles. The number of nitrogens with zero attached hydrogens (tertiary/aromatic N) is 4. The molecule has 1 aromatic carbocycles. The van der Waals surface area contributed by atoms with Crippen LogP contribution in [0.1, 0.15) is 0 Å². The Hall–Kier alpha value is -3.63. The Morgan fingerprint density at radius 2 is 2.00 bits per heavy atom. The number of esters is 2. The van der Waals surface area contributed by atoms with E-state index < -0.39 is 11.9 Å². The monoisotopic (exact) mass is 347 g/mol. The minimum atomic E-state index is -0.759. The van der Waals surface area contributed by atoms with Crippen molar-refractivity contribution in [1.82, 2.24) is 20.2 Å². The Morgan fingerprint density at radius 3 is 2.64 bits per heavy atom. The smallest absolute Gasteiger partial charge is 0.354 e. The minimum Gasteiger partial charge on any atom is -0.466 e. The lowest BCUT2D eigenvalue weighted by Gasteiger charge is -2.13. The summed E-state index contributed by atoms with van der Waals surface area (Å²) in [5.41, 5.74) is 0.716. The van der Waals surface area contributed by atoms with Gasteiger partial charge in [0.1, 0.15) is 12.0 Å². The van der Waals surface area contributed by atoms with E-state index in [9.17, 15) is 9.59 Å². The zero-order chi connectivity index (χ0) is 17.8. The molecule has 25 heavy (non-hydrogen) atoms. The van der Waals surface area contributed by atoms with E-state index in [2.05, 4.69) is 30.3 Å². The van der Waals surface area contributed by atoms with Crippen molar-refractivity contribution in [3.63, 3.8) is 0 Å². The van der Waals surface area contributed by atoms with Crippen molar-refractivity contribution in [2.45, 2.75) is 0 Å². The fourth-order valence-electron chi connectivity index (χ4n) is 2.07. The highest BCUT2D eigenvalue weighted by atomic mass is 16.7. The lowest BCUT2D eigenvalue weighted by molar-refractivity contribution is -0.138. The molecular weight excluding hydrogens is 334 g/mol. The summed E-state index contributed by atoms with van der Waals surface area (Å²) in [6.45, 7) is 0.0652. The van der Waals surface area contributed by atoms with Gasteiger partial charge >= 0.3 is 11.9 Å². The molecule has 0 atom stereocenters. The molecule has 2 heterocycles. The van der Waals surface area contributed by atoms with Gasteiger partial charge in [-0.1, -0.05) is 0 Å². The second kappa shape index (κ2) is 6.86. The van der Waals surface area contributed by atoms with Gasteiger partial charge in [0.15, 0.2) is 11.5 Å². The summed E-state index contributed by atoms with van der Waals surface area (Å²) >= 11 is 0. The van der Waals surface area contributed by atoms with E-state index in [1.54, 1.807) is 12.1 Å². The van der Waals surface area contributed by atoms with Gasteiger partial charge < -0.3 is 24.3 Å². The number of anilines is 1. The molecule has 0 saturated carbocycles. The summed E-state index contributed by atoms with van der Waals surface area (Å²) < 4.78 is 21.2. The van der Waals surface area contributed by atoms with Gasteiger partial charge in [-0.15, -0.1) is 5.10 Å². The van der Waals surface area contributed by atoms with E-state index in [0.717, 1.165) is 6.08 Å². The van der Waals surface area contributed by atoms with E-state index in [4.69, 9.17) is 9.47 Å². The Balaban J connectivity index is 2.04. The minimum absolute atomic E-state index is 0.0652. The quantitative estimate of drug-likeness (QED) is 0.584. The Kier molecular flexibility index (Phi) is 4.46. The molecule has 2 aromatic rings. The lowest BCUT2D eigenvalue weighted by Crippen LogP contribution is -2.16. The lowest BCUT2D eigenvalue weighted by atomic mass is 10.2. The van der Waals surface area contributed by atoms with E-state index in [1.165, 1.54) is 25.2 Å². The first-order chi connectivity index (χ1) is 12.1. The van der Waals surface area contributed by atoms with Crippen LogP contribution in [0.2, 0.25) is 0 Å². The van der Waals surface area contributed by atoms with Crippen LogP contribution in [0.3, 0.4) is 0 Å². The molecule has 0 amide bonds. The number of tetrazole rings is 1. The van der Waals surface area contributed by atoms with Crippen molar-refractivity contribution in [1.29, 1.82) is 0 Å². The first-order valence-electron chi connectivity index (χ1n) is 6.94. The third-order valence-corrected chi connectivity index (χ3v) is 3.22. The third-order valence-electron chi connectivity index (χ3n) is 3.22. The van der Waals surface area contributed by atoms with E-state index in [0.29, 0.717) is 22.9 Å². The molecule has 1 aliphatic rings. The number of fused-ring (bicyclic) bond motifs is 1. The Labute approximate surface area is 141 Å². The SMILES string of the molecule is COC(=O)/C=C(/Nc1cc2c(cc1-n1cnnn1)OCO2)C(=O)OC. The molecule has 0 bridgehead atoms. The normalized spacial score (nSPS) is 12.6.